The highest BCUT2D eigenvalue weighted by Gasteiger charge is 2.28. The highest BCUT2D eigenvalue weighted by molar-refractivity contribution is 8.00. The fraction of sp³-hybridized carbons (Fsp3) is 0.300. The van der Waals surface area contributed by atoms with Crippen LogP contribution < -0.4 is 0 Å². The summed E-state index contributed by atoms with van der Waals surface area (Å²) in [4.78, 5) is 23.2. The van der Waals surface area contributed by atoms with Crippen molar-refractivity contribution in [2.75, 3.05) is 6.61 Å². The molecule has 0 radical (unpaired) electrons. The summed E-state index contributed by atoms with van der Waals surface area (Å²) in [5, 5.41) is 0.178. The van der Waals surface area contributed by atoms with E-state index < -0.39 is 0 Å². The van der Waals surface area contributed by atoms with Crippen molar-refractivity contribution in [2.45, 2.75) is 30.5 Å². The van der Waals surface area contributed by atoms with Crippen LogP contribution in [0.25, 0.3) is 11.1 Å². The zero-order chi connectivity index (χ0) is 17.6. The number of thioether (sulfide) groups is 1. The summed E-state index contributed by atoms with van der Waals surface area (Å²) in [6.07, 6.45) is 1.68. The first-order valence-electron chi connectivity index (χ1n) is 8.27. The van der Waals surface area contributed by atoms with E-state index in [1.54, 1.807) is 23.9 Å². The minimum absolute atomic E-state index is 0.119. The quantitative estimate of drug-likeness (QED) is 0.748. The molecule has 1 saturated heterocycles. The van der Waals surface area contributed by atoms with Crippen molar-refractivity contribution in [3.8, 4) is 11.1 Å². The van der Waals surface area contributed by atoms with Crippen LogP contribution >= 0.6 is 11.8 Å². The Morgan fingerprint density at radius 2 is 1.68 bits per heavy atom. The molecule has 1 heterocycles. The number of rotatable bonds is 5. The average molecular weight is 356 g/mol. The van der Waals surface area contributed by atoms with Gasteiger partial charge in [0.15, 0.2) is 0 Å². The summed E-state index contributed by atoms with van der Waals surface area (Å²) < 4.78 is 10.6. The second kappa shape index (κ2) is 8.21. The third kappa shape index (κ3) is 4.86. The molecule has 1 aliphatic heterocycles. The van der Waals surface area contributed by atoms with Crippen molar-refractivity contribution >= 4 is 23.7 Å². The second-order valence-electron chi connectivity index (χ2n) is 5.92. The van der Waals surface area contributed by atoms with E-state index in [9.17, 15) is 9.59 Å². The lowest BCUT2D eigenvalue weighted by atomic mass is 10.0. The Morgan fingerprint density at radius 3 is 2.36 bits per heavy atom. The zero-order valence-corrected chi connectivity index (χ0v) is 14.8. The van der Waals surface area contributed by atoms with Gasteiger partial charge in [0.25, 0.3) is 0 Å². The third-order valence-electron chi connectivity index (χ3n) is 3.99. The van der Waals surface area contributed by atoms with Gasteiger partial charge in [0.05, 0.1) is 5.56 Å². The fourth-order valence-corrected chi connectivity index (χ4v) is 4.06. The maximum Gasteiger partial charge on any atom is 0.338 e. The van der Waals surface area contributed by atoms with E-state index in [0.29, 0.717) is 12.2 Å². The Morgan fingerprint density at radius 1 is 1.00 bits per heavy atom. The first-order valence-corrected chi connectivity index (χ1v) is 9.21. The normalized spacial score (nSPS) is 19.4. The van der Waals surface area contributed by atoms with Crippen LogP contribution in [-0.4, -0.2) is 29.2 Å². The van der Waals surface area contributed by atoms with Crippen molar-refractivity contribution in [2.24, 2.45) is 0 Å². The average Bonchev–Trinajstić information content (AvgIpc) is 3.07. The van der Waals surface area contributed by atoms with Crippen LogP contribution in [0.2, 0.25) is 0 Å². The summed E-state index contributed by atoms with van der Waals surface area (Å²) >= 11 is 1.56. The van der Waals surface area contributed by atoms with Crippen LogP contribution in [0.1, 0.15) is 30.1 Å². The predicted molar refractivity (Wildman–Crippen MR) is 98.3 cm³/mol. The summed E-state index contributed by atoms with van der Waals surface area (Å²) in [5.74, 6) is -0.593. The Labute approximate surface area is 151 Å². The van der Waals surface area contributed by atoms with E-state index in [1.807, 2.05) is 42.5 Å². The third-order valence-corrected chi connectivity index (χ3v) is 5.39. The van der Waals surface area contributed by atoms with Gasteiger partial charge in [-0.25, -0.2) is 4.79 Å². The lowest BCUT2D eigenvalue weighted by Gasteiger charge is -2.12. The lowest BCUT2D eigenvalue weighted by molar-refractivity contribution is -0.142. The maximum atomic E-state index is 12.2. The summed E-state index contributed by atoms with van der Waals surface area (Å²) in [6, 6.07) is 17.4. The van der Waals surface area contributed by atoms with Gasteiger partial charge >= 0.3 is 11.9 Å². The van der Waals surface area contributed by atoms with E-state index in [1.165, 1.54) is 6.92 Å². The molecular formula is C20H20O4S. The molecule has 4 nitrogen and oxygen atoms in total. The molecule has 0 amide bonds. The van der Waals surface area contributed by atoms with E-state index in [0.717, 1.165) is 24.0 Å². The molecule has 3 rings (SSSR count). The van der Waals surface area contributed by atoms with Gasteiger partial charge in [-0.05, 0) is 36.1 Å². The molecule has 2 atom stereocenters. The first-order chi connectivity index (χ1) is 12.1. The molecule has 25 heavy (non-hydrogen) atoms. The summed E-state index contributed by atoms with van der Waals surface area (Å²) in [6.45, 7) is 1.74. The van der Waals surface area contributed by atoms with Gasteiger partial charge in [0.2, 0.25) is 0 Å². The number of esters is 2. The molecule has 130 valence electrons. The van der Waals surface area contributed by atoms with Gasteiger partial charge in [-0.2, -0.15) is 0 Å². The molecule has 0 saturated carbocycles. The van der Waals surface area contributed by atoms with Crippen molar-refractivity contribution in [3.05, 3.63) is 60.2 Å². The van der Waals surface area contributed by atoms with Crippen molar-refractivity contribution in [1.82, 2.24) is 0 Å². The van der Waals surface area contributed by atoms with E-state index in [4.69, 9.17) is 9.47 Å². The fourth-order valence-electron chi connectivity index (χ4n) is 2.75. The molecule has 1 aliphatic rings. The van der Waals surface area contributed by atoms with E-state index in [-0.39, 0.29) is 22.6 Å². The molecule has 0 N–H and O–H groups in total. The number of carbonyl (C=O) groups excluding carboxylic acids is 2. The van der Waals surface area contributed by atoms with Gasteiger partial charge in [0.1, 0.15) is 12.0 Å². The van der Waals surface area contributed by atoms with Crippen molar-refractivity contribution in [1.29, 1.82) is 0 Å². The summed E-state index contributed by atoms with van der Waals surface area (Å²) in [7, 11) is 0. The molecule has 0 aliphatic carbocycles. The van der Waals surface area contributed by atoms with Crippen molar-refractivity contribution in [3.63, 3.8) is 0 Å². The molecule has 0 aromatic heterocycles. The standard InChI is InChI=1S/C20H20O4S/c1-14(21)24-19-12-11-18(25-19)13-23-20(22)17-9-7-16(8-10-17)15-5-3-2-4-6-15/h2-10,18-19H,11-13H2,1H3/t18-,19?/m1/s1. The van der Waals surface area contributed by atoms with Gasteiger partial charge in [-0.3, -0.25) is 4.79 Å². The minimum Gasteiger partial charge on any atom is -0.461 e. The first kappa shape index (κ1) is 17.5. The van der Waals surface area contributed by atoms with E-state index in [2.05, 4.69) is 0 Å². The Bertz CT molecular complexity index is 727. The molecule has 1 unspecified atom stereocenters. The molecule has 2 aromatic carbocycles. The molecule has 5 heteroatoms. The number of carbonyl (C=O) groups is 2. The van der Waals surface area contributed by atoms with Crippen LogP contribution in [-0.2, 0) is 14.3 Å². The van der Waals surface area contributed by atoms with Crippen LogP contribution in [0.4, 0.5) is 0 Å². The maximum absolute atomic E-state index is 12.2. The van der Waals surface area contributed by atoms with Gasteiger partial charge in [-0.1, -0.05) is 42.5 Å². The second-order valence-corrected chi connectivity index (χ2v) is 7.38. The smallest absolute Gasteiger partial charge is 0.338 e. The lowest BCUT2D eigenvalue weighted by Crippen LogP contribution is -2.14. The highest BCUT2D eigenvalue weighted by atomic mass is 32.2. The monoisotopic (exact) mass is 356 g/mol. The van der Waals surface area contributed by atoms with Crippen LogP contribution in [0, 0.1) is 0 Å². The number of benzene rings is 2. The largest absolute Gasteiger partial charge is 0.461 e. The molecule has 2 aromatic rings. The Kier molecular flexibility index (Phi) is 5.76. The predicted octanol–water partition coefficient (Wildman–Crippen LogP) is 4.30. The minimum atomic E-state index is -0.323. The van der Waals surface area contributed by atoms with Crippen LogP contribution in [0.3, 0.4) is 0 Å². The van der Waals surface area contributed by atoms with Gasteiger partial charge in [-0.15, -0.1) is 11.8 Å². The van der Waals surface area contributed by atoms with E-state index >= 15 is 0 Å². The molecular weight excluding hydrogens is 336 g/mol. The van der Waals surface area contributed by atoms with Gasteiger partial charge in [0, 0.05) is 12.2 Å². The number of hydrogen-bond acceptors (Lipinski definition) is 5. The SMILES string of the molecule is CC(=O)OC1CC[C@H](COC(=O)c2ccc(-c3ccccc3)cc2)S1. The van der Waals surface area contributed by atoms with Gasteiger partial charge < -0.3 is 9.47 Å². The van der Waals surface area contributed by atoms with Crippen molar-refractivity contribution < 1.29 is 19.1 Å². The van der Waals surface area contributed by atoms with Crippen LogP contribution in [0.15, 0.2) is 54.6 Å². The molecule has 0 spiro atoms. The molecule has 0 bridgehead atoms. The number of hydrogen-bond donors (Lipinski definition) is 0. The Balaban J connectivity index is 1.51. The topological polar surface area (TPSA) is 52.6 Å². The zero-order valence-electron chi connectivity index (χ0n) is 14.0. The summed E-state index contributed by atoms with van der Waals surface area (Å²) in [5.41, 5.74) is 2.60. The Hall–Kier alpha value is -2.27. The van der Waals surface area contributed by atoms with Crippen LogP contribution in [0.5, 0.6) is 0 Å². The number of ether oxygens (including phenoxy) is 2. The highest BCUT2D eigenvalue weighted by Crippen LogP contribution is 2.34. The molecule has 1 fully saturated rings.